The lowest BCUT2D eigenvalue weighted by molar-refractivity contribution is -0.139. The first-order valence-electron chi connectivity index (χ1n) is 9.97. The first-order chi connectivity index (χ1) is 15.5. The van der Waals surface area contributed by atoms with Crippen molar-refractivity contribution in [3.8, 4) is 11.5 Å². The van der Waals surface area contributed by atoms with Gasteiger partial charge >= 0.3 is 0 Å². The number of carbonyl (C=O) groups is 2. The second-order valence-electron chi connectivity index (χ2n) is 7.25. The Bertz CT molecular complexity index is 1090. The lowest BCUT2D eigenvalue weighted by Gasteiger charge is -2.31. The number of carbonyl (C=O) groups excluding carboxylic acids is 2. The second-order valence-corrected chi connectivity index (χ2v) is 9.59. The van der Waals surface area contributed by atoms with Crippen LogP contribution < -0.4 is 19.1 Å². The maximum Gasteiger partial charge on any atom is 0.244 e. The summed E-state index contributed by atoms with van der Waals surface area (Å²) in [5.41, 5.74) is 0.907. The van der Waals surface area contributed by atoms with Crippen LogP contribution >= 0.6 is 11.6 Å². The Balaban J connectivity index is 2.44. The number of halogens is 1. The molecule has 0 unspecified atom stereocenters. The Morgan fingerprint density at radius 3 is 2.24 bits per heavy atom. The van der Waals surface area contributed by atoms with Crippen LogP contribution in [-0.2, 0) is 26.2 Å². The van der Waals surface area contributed by atoms with E-state index in [4.69, 9.17) is 21.1 Å². The standard InChI is InChI=1S/C22H28ClN3O6S/c1-15(22(28)24-2)25(13-16-6-8-17(23)9-7-16)21(27)14-26(33(5,29)30)19-11-10-18(31-3)12-20(19)32-4/h6-12,15H,13-14H2,1-5H3,(H,24,28)/t15-/m0/s1. The molecule has 33 heavy (non-hydrogen) atoms. The molecule has 2 aromatic rings. The summed E-state index contributed by atoms with van der Waals surface area (Å²) in [6.07, 6.45) is 0.996. The highest BCUT2D eigenvalue weighted by molar-refractivity contribution is 7.92. The molecular formula is C22H28ClN3O6S. The molecule has 0 bridgehead atoms. The molecule has 0 saturated heterocycles. The molecule has 1 atom stereocenters. The monoisotopic (exact) mass is 497 g/mol. The van der Waals surface area contributed by atoms with Gasteiger partial charge in [-0.3, -0.25) is 13.9 Å². The zero-order chi connectivity index (χ0) is 24.8. The molecule has 9 nitrogen and oxygen atoms in total. The van der Waals surface area contributed by atoms with Crippen molar-refractivity contribution in [1.29, 1.82) is 0 Å². The average Bonchev–Trinajstić information content (AvgIpc) is 2.79. The molecule has 0 radical (unpaired) electrons. The van der Waals surface area contributed by atoms with E-state index in [2.05, 4.69) is 5.32 Å². The van der Waals surface area contributed by atoms with E-state index >= 15 is 0 Å². The van der Waals surface area contributed by atoms with Gasteiger partial charge in [0.05, 0.1) is 26.2 Å². The summed E-state index contributed by atoms with van der Waals surface area (Å²) in [7, 11) is 0.449. The maximum atomic E-state index is 13.4. The number of ether oxygens (including phenoxy) is 2. The fourth-order valence-corrected chi connectivity index (χ4v) is 4.14. The number of anilines is 1. The van der Waals surface area contributed by atoms with Gasteiger partial charge < -0.3 is 19.7 Å². The van der Waals surface area contributed by atoms with E-state index in [0.29, 0.717) is 10.8 Å². The van der Waals surface area contributed by atoms with Crippen LogP contribution in [0.4, 0.5) is 5.69 Å². The van der Waals surface area contributed by atoms with Crippen molar-refractivity contribution in [2.45, 2.75) is 19.5 Å². The van der Waals surface area contributed by atoms with E-state index in [1.54, 1.807) is 37.3 Å². The molecule has 0 aromatic heterocycles. The second kappa shape index (κ2) is 11.2. The average molecular weight is 498 g/mol. The van der Waals surface area contributed by atoms with E-state index in [9.17, 15) is 18.0 Å². The molecule has 2 rings (SSSR count). The molecule has 0 saturated carbocycles. The van der Waals surface area contributed by atoms with Gasteiger partial charge in [0.2, 0.25) is 21.8 Å². The number of rotatable bonds is 10. The fraction of sp³-hybridized carbons (Fsp3) is 0.364. The first kappa shape index (κ1) is 26.3. The Hall–Kier alpha value is -2.98. The van der Waals surface area contributed by atoms with Gasteiger partial charge in [0, 0.05) is 24.7 Å². The van der Waals surface area contributed by atoms with Gasteiger partial charge in [-0.1, -0.05) is 23.7 Å². The number of likely N-dealkylation sites (N-methyl/N-ethyl adjacent to an activating group) is 1. The van der Waals surface area contributed by atoms with E-state index < -0.39 is 28.5 Å². The number of nitrogens with zero attached hydrogens (tertiary/aromatic N) is 2. The highest BCUT2D eigenvalue weighted by atomic mass is 35.5. The van der Waals surface area contributed by atoms with Gasteiger partial charge in [0.1, 0.15) is 24.1 Å². The summed E-state index contributed by atoms with van der Waals surface area (Å²) >= 11 is 5.94. The summed E-state index contributed by atoms with van der Waals surface area (Å²) in [4.78, 5) is 27.0. The Kier molecular flexibility index (Phi) is 8.95. The molecule has 0 spiro atoms. The predicted octanol–water partition coefficient (Wildman–Crippen LogP) is 2.29. The summed E-state index contributed by atoms with van der Waals surface area (Å²) in [6.45, 7) is 1.13. The SMILES string of the molecule is CNC(=O)[C@H](C)N(Cc1ccc(Cl)cc1)C(=O)CN(c1ccc(OC)cc1OC)S(C)(=O)=O. The van der Waals surface area contributed by atoms with Gasteiger partial charge in [-0.05, 0) is 36.8 Å². The van der Waals surface area contributed by atoms with Crippen molar-refractivity contribution in [2.75, 3.05) is 38.4 Å². The molecular weight excluding hydrogens is 470 g/mol. The van der Waals surface area contributed by atoms with Gasteiger partial charge in [-0.15, -0.1) is 0 Å². The molecule has 0 fully saturated rings. The number of hydrogen-bond donors (Lipinski definition) is 1. The third-order valence-corrected chi connectivity index (χ3v) is 6.39. The van der Waals surface area contributed by atoms with E-state index in [1.165, 1.54) is 38.3 Å². The number of amides is 2. The normalized spacial score (nSPS) is 11.9. The molecule has 0 heterocycles. The third kappa shape index (κ3) is 6.75. The van der Waals surface area contributed by atoms with Crippen LogP contribution in [0.15, 0.2) is 42.5 Å². The van der Waals surface area contributed by atoms with Crippen molar-refractivity contribution in [1.82, 2.24) is 10.2 Å². The lowest BCUT2D eigenvalue weighted by Crippen LogP contribution is -2.50. The number of benzene rings is 2. The van der Waals surface area contributed by atoms with Gasteiger partial charge in [-0.2, -0.15) is 0 Å². The van der Waals surface area contributed by atoms with Crippen molar-refractivity contribution < 1.29 is 27.5 Å². The molecule has 0 aliphatic carbocycles. The number of methoxy groups -OCH3 is 2. The minimum Gasteiger partial charge on any atom is -0.497 e. The largest absolute Gasteiger partial charge is 0.497 e. The number of sulfonamides is 1. The van der Waals surface area contributed by atoms with Crippen LogP contribution in [0.25, 0.3) is 0 Å². The van der Waals surface area contributed by atoms with E-state index in [1.807, 2.05) is 0 Å². The van der Waals surface area contributed by atoms with Crippen molar-refractivity contribution in [3.63, 3.8) is 0 Å². The van der Waals surface area contributed by atoms with Crippen molar-refractivity contribution in [3.05, 3.63) is 53.1 Å². The minimum absolute atomic E-state index is 0.0853. The molecule has 11 heteroatoms. The van der Waals surface area contributed by atoms with Crippen molar-refractivity contribution >= 4 is 39.1 Å². The van der Waals surface area contributed by atoms with E-state index in [-0.39, 0.29) is 23.9 Å². The molecule has 0 aliphatic heterocycles. The zero-order valence-electron chi connectivity index (χ0n) is 19.2. The van der Waals surface area contributed by atoms with Crippen LogP contribution in [0.1, 0.15) is 12.5 Å². The Labute approximate surface area is 199 Å². The summed E-state index contributed by atoms with van der Waals surface area (Å²) in [5.74, 6) is -0.265. The lowest BCUT2D eigenvalue weighted by atomic mass is 10.1. The summed E-state index contributed by atoms with van der Waals surface area (Å²) in [6, 6.07) is 10.6. The number of hydrogen-bond acceptors (Lipinski definition) is 6. The molecule has 0 aliphatic rings. The Morgan fingerprint density at radius 2 is 1.73 bits per heavy atom. The van der Waals surface area contributed by atoms with Gasteiger partial charge in [0.15, 0.2) is 0 Å². The number of nitrogens with one attached hydrogen (secondary N) is 1. The quantitative estimate of drug-likeness (QED) is 0.540. The molecule has 180 valence electrons. The van der Waals surface area contributed by atoms with Gasteiger partial charge in [0.25, 0.3) is 0 Å². The van der Waals surface area contributed by atoms with Crippen LogP contribution in [-0.4, -0.2) is 65.2 Å². The smallest absolute Gasteiger partial charge is 0.244 e. The zero-order valence-corrected chi connectivity index (χ0v) is 20.7. The van der Waals surface area contributed by atoms with Gasteiger partial charge in [-0.25, -0.2) is 8.42 Å². The third-order valence-electron chi connectivity index (χ3n) is 5.01. The first-order valence-corrected chi connectivity index (χ1v) is 12.2. The summed E-state index contributed by atoms with van der Waals surface area (Å²) in [5, 5.41) is 3.05. The van der Waals surface area contributed by atoms with Crippen LogP contribution in [0.3, 0.4) is 0 Å². The molecule has 2 amide bonds. The fourth-order valence-electron chi connectivity index (χ4n) is 3.16. The Morgan fingerprint density at radius 1 is 1.09 bits per heavy atom. The highest BCUT2D eigenvalue weighted by Crippen LogP contribution is 2.33. The maximum absolute atomic E-state index is 13.4. The van der Waals surface area contributed by atoms with Crippen LogP contribution in [0.2, 0.25) is 5.02 Å². The van der Waals surface area contributed by atoms with E-state index in [0.717, 1.165) is 16.1 Å². The van der Waals surface area contributed by atoms with Crippen LogP contribution in [0, 0.1) is 0 Å². The highest BCUT2D eigenvalue weighted by Gasteiger charge is 2.31. The van der Waals surface area contributed by atoms with Crippen molar-refractivity contribution in [2.24, 2.45) is 0 Å². The topological polar surface area (TPSA) is 105 Å². The summed E-state index contributed by atoms with van der Waals surface area (Å²) < 4.78 is 36.7. The minimum atomic E-state index is -3.88. The van der Waals surface area contributed by atoms with Crippen LogP contribution in [0.5, 0.6) is 11.5 Å². The molecule has 2 aromatic carbocycles. The predicted molar refractivity (Wildman–Crippen MR) is 127 cm³/mol. The molecule has 1 N–H and O–H groups in total.